The molecule has 1 atom stereocenters. The summed E-state index contributed by atoms with van der Waals surface area (Å²) in [7, 11) is 1.34. The number of ketones is 1. The van der Waals surface area contributed by atoms with Gasteiger partial charge in [-0.2, -0.15) is 0 Å². The number of rotatable bonds is 0. The molecule has 0 unspecified atom stereocenters. The highest BCUT2D eigenvalue weighted by Gasteiger charge is 2.27. The molecule has 12 heavy (non-hydrogen) atoms. The first kappa shape index (κ1) is 9.51. The van der Waals surface area contributed by atoms with Crippen LogP contribution < -0.4 is 0 Å². The lowest BCUT2D eigenvalue weighted by molar-refractivity contribution is -0.120. The van der Waals surface area contributed by atoms with Crippen LogP contribution in [0.15, 0.2) is 0 Å². The number of hydrogen-bond acceptors (Lipinski definition) is 3. The van der Waals surface area contributed by atoms with E-state index >= 15 is 0 Å². The normalized spacial score (nSPS) is 24.0. The van der Waals surface area contributed by atoms with Crippen LogP contribution in [-0.2, 0) is 9.53 Å². The van der Waals surface area contributed by atoms with Gasteiger partial charge in [0.1, 0.15) is 5.78 Å². The molecule has 0 radical (unpaired) electrons. The minimum Gasteiger partial charge on any atom is -0.453 e. The Morgan fingerprint density at radius 1 is 1.75 bits per heavy atom. The molecule has 1 aliphatic rings. The van der Waals surface area contributed by atoms with Crippen LogP contribution in [0.4, 0.5) is 4.79 Å². The Kier molecular flexibility index (Phi) is 3.08. The topological polar surface area (TPSA) is 46.6 Å². The van der Waals surface area contributed by atoms with Gasteiger partial charge < -0.3 is 9.64 Å². The van der Waals surface area contributed by atoms with E-state index in [4.69, 9.17) is 0 Å². The molecule has 1 rings (SSSR count). The summed E-state index contributed by atoms with van der Waals surface area (Å²) in [6, 6.07) is 0. The quantitative estimate of drug-likeness (QED) is 0.584. The number of amides is 1. The van der Waals surface area contributed by atoms with E-state index < -0.39 is 0 Å². The molecule has 4 nitrogen and oxygen atoms in total. The van der Waals surface area contributed by atoms with E-state index in [2.05, 4.69) is 20.7 Å². The zero-order valence-corrected chi connectivity index (χ0v) is 8.33. The van der Waals surface area contributed by atoms with Crippen LogP contribution in [0.25, 0.3) is 0 Å². The van der Waals surface area contributed by atoms with Crippen molar-refractivity contribution in [2.45, 2.75) is 11.2 Å². The predicted molar refractivity (Wildman–Crippen MR) is 46.3 cm³/mol. The zero-order chi connectivity index (χ0) is 9.14. The van der Waals surface area contributed by atoms with Crippen molar-refractivity contribution in [1.82, 2.24) is 4.90 Å². The molecule has 0 saturated carbocycles. The number of piperidine rings is 1. The number of Topliss-reactive ketones (excluding diaryl/α,β-unsaturated/α-hetero) is 1. The first-order chi connectivity index (χ1) is 5.65. The molecule has 0 bridgehead atoms. The van der Waals surface area contributed by atoms with Crippen molar-refractivity contribution in [3.63, 3.8) is 0 Å². The standard InChI is InChI=1S/C7H10BrNO3/c1-12-7(11)9-3-2-6(10)5(8)4-9/h5H,2-4H2,1H3/t5-/m1/s1. The van der Waals surface area contributed by atoms with Crippen LogP contribution in [0.5, 0.6) is 0 Å². The van der Waals surface area contributed by atoms with Gasteiger partial charge in [-0.1, -0.05) is 15.9 Å². The minimum absolute atomic E-state index is 0.148. The average Bonchev–Trinajstić information content (AvgIpc) is 2.08. The van der Waals surface area contributed by atoms with Gasteiger partial charge in [-0.25, -0.2) is 4.79 Å². The second-order valence-electron chi connectivity index (χ2n) is 2.60. The van der Waals surface area contributed by atoms with Crippen LogP contribution in [0.1, 0.15) is 6.42 Å². The summed E-state index contributed by atoms with van der Waals surface area (Å²) < 4.78 is 4.53. The van der Waals surface area contributed by atoms with Crippen LogP contribution in [-0.4, -0.2) is 41.8 Å². The second-order valence-corrected chi connectivity index (χ2v) is 3.71. The van der Waals surface area contributed by atoms with Crippen molar-refractivity contribution >= 4 is 27.8 Å². The maximum Gasteiger partial charge on any atom is 0.409 e. The van der Waals surface area contributed by atoms with Gasteiger partial charge in [-0.3, -0.25) is 4.79 Å². The van der Waals surface area contributed by atoms with Gasteiger partial charge >= 0.3 is 6.09 Å². The van der Waals surface area contributed by atoms with E-state index in [-0.39, 0.29) is 16.7 Å². The van der Waals surface area contributed by atoms with Gasteiger partial charge in [0.2, 0.25) is 0 Å². The third kappa shape index (κ3) is 1.97. The van der Waals surface area contributed by atoms with Crippen molar-refractivity contribution in [2.75, 3.05) is 20.2 Å². The molecule has 0 N–H and O–H groups in total. The monoisotopic (exact) mass is 235 g/mol. The molecule has 0 aromatic heterocycles. The van der Waals surface area contributed by atoms with Gasteiger partial charge in [0.25, 0.3) is 0 Å². The van der Waals surface area contributed by atoms with E-state index in [9.17, 15) is 9.59 Å². The Morgan fingerprint density at radius 3 is 2.92 bits per heavy atom. The van der Waals surface area contributed by atoms with Crippen LogP contribution in [0.2, 0.25) is 0 Å². The Labute approximate surface area is 79.0 Å². The Hall–Kier alpha value is -0.580. The van der Waals surface area contributed by atoms with Crippen LogP contribution in [0, 0.1) is 0 Å². The second kappa shape index (κ2) is 3.89. The summed E-state index contributed by atoms with van der Waals surface area (Å²) in [6.45, 7) is 0.874. The lowest BCUT2D eigenvalue weighted by Gasteiger charge is -2.27. The third-order valence-electron chi connectivity index (χ3n) is 1.79. The summed E-state index contributed by atoms with van der Waals surface area (Å²) in [5.41, 5.74) is 0. The van der Waals surface area contributed by atoms with E-state index in [0.29, 0.717) is 19.5 Å². The highest BCUT2D eigenvalue weighted by Crippen LogP contribution is 2.14. The lowest BCUT2D eigenvalue weighted by Crippen LogP contribution is -2.44. The Balaban J connectivity index is 2.50. The molecule has 0 aromatic carbocycles. The Morgan fingerprint density at radius 2 is 2.42 bits per heavy atom. The number of alkyl halides is 1. The number of hydrogen-bond donors (Lipinski definition) is 0. The number of halogens is 1. The molecule has 5 heteroatoms. The summed E-state index contributed by atoms with van der Waals surface area (Å²) in [5.74, 6) is 0.148. The molecule has 0 aliphatic carbocycles. The number of likely N-dealkylation sites (tertiary alicyclic amines) is 1. The number of carbonyl (C=O) groups excluding carboxylic acids is 2. The van der Waals surface area contributed by atoms with Gasteiger partial charge in [-0.05, 0) is 0 Å². The van der Waals surface area contributed by atoms with Crippen molar-refractivity contribution in [1.29, 1.82) is 0 Å². The SMILES string of the molecule is COC(=O)N1CCC(=O)[C@H](Br)C1. The number of carbonyl (C=O) groups is 2. The van der Waals surface area contributed by atoms with Crippen molar-refractivity contribution in [2.24, 2.45) is 0 Å². The Bertz CT molecular complexity index is 207. The van der Waals surface area contributed by atoms with Crippen LogP contribution >= 0.6 is 15.9 Å². The van der Waals surface area contributed by atoms with E-state index in [1.54, 1.807) is 0 Å². The fourth-order valence-electron chi connectivity index (χ4n) is 1.08. The van der Waals surface area contributed by atoms with E-state index in [1.807, 2.05) is 0 Å². The highest BCUT2D eigenvalue weighted by molar-refractivity contribution is 9.10. The molecule has 1 aliphatic heterocycles. The fraction of sp³-hybridized carbons (Fsp3) is 0.714. The third-order valence-corrected chi connectivity index (χ3v) is 2.59. The lowest BCUT2D eigenvalue weighted by atomic mass is 10.1. The molecule has 1 saturated heterocycles. The first-order valence-corrected chi connectivity index (χ1v) is 4.56. The smallest absolute Gasteiger partial charge is 0.409 e. The predicted octanol–water partition coefficient (Wildman–Crippen LogP) is 0.791. The van der Waals surface area contributed by atoms with Gasteiger partial charge in [0.15, 0.2) is 0 Å². The van der Waals surface area contributed by atoms with Crippen LogP contribution in [0.3, 0.4) is 0 Å². The summed E-state index contributed by atoms with van der Waals surface area (Å²) in [6.07, 6.45) is 0.0392. The molecule has 1 fully saturated rings. The summed E-state index contributed by atoms with van der Waals surface area (Å²) >= 11 is 3.19. The zero-order valence-electron chi connectivity index (χ0n) is 6.75. The molecule has 1 heterocycles. The summed E-state index contributed by atoms with van der Waals surface area (Å²) in [5, 5.41) is 0. The van der Waals surface area contributed by atoms with Crippen molar-refractivity contribution in [3.05, 3.63) is 0 Å². The number of methoxy groups -OCH3 is 1. The molecular formula is C7H10BrNO3. The molecule has 0 spiro atoms. The number of ether oxygens (including phenoxy) is 1. The average molecular weight is 236 g/mol. The molecule has 0 aromatic rings. The van der Waals surface area contributed by atoms with E-state index in [0.717, 1.165) is 0 Å². The fourth-order valence-corrected chi connectivity index (χ4v) is 1.66. The minimum atomic E-state index is -0.369. The largest absolute Gasteiger partial charge is 0.453 e. The van der Waals surface area contributed by atoms with Gasteiger partial charge in [-0.15, -0.1) is 0 Å². The molecule has 1 amide bonds. The van der Waals surface area contributed by atoms with Gasteiger partial charge in [0.05, 0.1) is 11.9 Å². The maximum atomic E-state index is 11.0. The highest BCUT2D eigenvalue weighted by atomic mass is 79.9. The molecular weight excluding hydrogens is 226 g/mol. The van der Waals surface area contributed by atoms with Gasteiger partial charge in [0, 0.05) is 19.5 Å². The number of nitrogens with zero attached hydrogens (tertiary/aromatic N) is 1. The van der Waals surface area contributed by atoms with Crippen molar-refractivity contribution in [3.8, 4) is 0 Å². The first-order valence-electron chi connectivity index (χ1n) is 3.65. The molecule has 68 valence electrons. The summed E-state index contributed by atoms with van der Waals surface area (Å²) in [4.78, 5) is 23.3. The van der Waals surface area contributed by atoms with Crippen molar-refractivity contribution < 1.29 is 14.3 Å². The van der Waals surface area contributed by atoms with E-state index in [1.165, 1.54) is 12.0 Å². The maximum absolute atomic E-state index is 11.0.